The molecule has 1 amide bonds. The van der Waals surface area contributed by atoms with Gasteiger partial charge >= 0.3 is 0 Å². The van der Waals surface area contributed by atoms with E-state index in [4.69, 9.17) is 0 Å². The van der Waals surface area contributed by atoms with Crippen molar-refractivity contribution in [1.82, 2.24) is 5.32 Å². The molecule has 3 nitrogen and oxygen atoms in total. The minimum Gasteiger partial charge on any atom is -0.310 e. The maximum Gasteiger partial charge on any atom is 0.244 e. The Labute approximate surface area is 131 Å². The van der Waals surface area contributed by atoms with Crippen molar-refractivity contribution in [2.75, 3.05) is 18.0 Å². The van der Waals surface area contributed by atoms with Gasteiger partial charge in [-0.1, -0.05) is 48.5 Å². The molecule has 2 aliphatic rings. The molecule has 2 atom stereocenters. The molecule has 22 heavy (non-hydrogen) atoms. The highest BCUT2D eigenvalue weighted by Crippen LogP contribution is 2.31. The van der Waals surface area contributed by atoms with Crippen molar-refractivity contribution < 1.29 is 4.79 Å². The average molecular weight is 292 g/mol. The summed E-state index contributed by atoms with van der Waals surface area (Å²) in [6.45, 7) is 1.70. The zero-order chi connectivity index (χ0) is 14.9. The molecule has 2 aromatic rings. The molecule has 1 unspecified atom stereocenters. The Hall–Kier alpha value is -2.13. The minimum atomic E-state index is -0.0589. The van der Waals surface area contributed by atoms with Crippen molar-refractivity contribution in [3.05, 3.63) is 65.7 Å². The molecular weight excluding hydrogens is 272 g/mol. The normalized spacial score (nSPS) is 23.5. The van der Waals surface area contributed by atoms with E-state index in [1.165, 1.54) is 11.1 Å². The number of carbonyl (C=O) groups is 1. The molecule has 1 N–H and O–H groups in total. The van der Waals surface area contributed by atoms with E-state index in [2.05, 4.69) is 41.7 Å². The lowest BCUT2D eigenvalue weighted by molar-refractivity contribution is -0.120. The van der Waals surface area contributed by atoms with Gasteiger partial charge in [-0.25, -0.2) is 0 Å². The average Bonchev–Trinajstić information content (AvgIpc) is 3.22. The first kappa shape index (κ1) is 13.5. The molecule has 3 heteroatoms. The molecule has 0 aliphatic carbocycles. The van der Waals surface area contributed by atoms with Gasteiger partial charge in [-0.2, -0.15) is 0 Å². The van der Waals surface area contributed by atoms with Crippen LogP contribution in [0, 0.1) is 0 Å². The zero-order valence-electron chi connectivity index (χ0n) is 12.5. The van der Waals surface area contributed by atoms with E-state index in [1.54, 1.807) is 0 Å². The fraction of sp³-hybridized carbons (Fsp3) is 0.316. The van der Waals surface area contributed by atoms with Crippen LogP contribution in [0.15, 0.2) is 54.6 Å². The van der Waals surface area contributed by atoms with Crippen LogP contribution in [0.4, 0.5) is 5.69 Å². The Morgan fingerprint density at radius 2 is 1.82 bits per heavy atom. The van der Waals surface area contributed by atoms with Gasteiger partial charge in [-0.15, -0.1) is 0 Å². The van der Waals surface area contributed by atoms with Gasteiger partial charge in [-0.3, -0.25) is 4.79 Å². The van der Waals surface area contributed by atoms with Gasteiger partial charge in [0.05, 0.1) is 6.04 Å². The van der Waals surface area contributed by atoms with E-state index >= 15 is 0 Å². The predicted molar refractivity (Wildman–Crippen MR) is 88.1 cm³/mol. The monoisotopic (exact) mass is 292 g/mol. The molecular formula is C19H20N2O. The number of rotatable bonds is 2. The second-order valence-corrected chi connectivity index (χ2v) is 6.17. The first-order valence-electron chi connectivity index (χ1n) is 8.00. The lowest BCUT2D eigenvalue weighted by atomic mass is 9.96. The molecule has 4 rings (SSSR count). The Bertz CT molecular complexity index is 683. The van der Waals surface area contributed by atoms with E-state index in [0.717, 1.165) is 31.6 Å². The first-order chi connectivity index (χ1) is 10.8. The molecule has 2 heterocycles. The van der Waals surface area contributed by atoms with Crippen molar-refractivity contribution in [1.29, 1.82) is 0 Å². The fourth-order valence-electron chi connectivity index (χ4n) is 3.66. The van der Waals surface area contributed by atoms with Crippen molar-refractivity contribution in [3.63, 3.8) is 0 Å². The number of nitrogens with zero attached hydrogens (tertiary/aromatic N) is 1. The van der Waals surface area contributed by atoms with Crippen molar-refractivity contribution in [2.24, 2.45) is 0 Å². The third kappa shape index (κ3) is 2.32. The van der Waals surface area contributed by atoms with Gasteiger partial charge in [0, 0.05) is 18.8 Å². The van der Waals surface area contributed by atoms with E-state index in [0.29, 0.717) is 5.92 Å². The highest BCUT2D eigenvalue weighted by atomic mass is 16.2. The molecule has 1 fully saturated rings. The number of para-hydroxylation sites is 1. The number of anilines is 1. The standard InChI is InChI=1S/C19H20N2O/c22-19(21-11-10-15-8-4-5-9-18(15)21)17-12-16(13-20-17)14-6-2-1-3-7-14/h1-9,16-17,20H,10-13H2/t16?,17-/m0/s1. The quantitative estimate of drug-likeness (QED) is 0.923. The molecule has 1 saturated heterocycles. The molecule has 0 saturated carbocycles. The predicted octanol–water partition coefficient (Wildman–Crippen LogP) is 2.72. The van der Waals surface area contributed by atoms with Crippen LogP contribution in [-0.2, 0) is 11.2 Å². The van der Waals surface area contributed by atoms with Crippen LogP contribution in [-0.4, -0.2) is 25.0 Å². The van der Waals surface area contributed by atoms with Crippen molar-refractivity contribution in [3.8, 4) is 0 Å². The summed E-state index contributed by atoms with van der Waals surface area (Å²) < 4.78 is 0. The highest BCUT2D eigenvalue weighted by molar-refractivity contribution is 5.99. The van der Waals surface area contributed by atoms with Crippen molar-refractivity contribution in [2.45, 2.75) is 24.8 Å². The molecule has 0 radical (unpaired) electrons. The zero-order valence-corrected chi connectivity index (χ0v) is 12.5. The number of carbonyl (C=O) groups excluding carboxylic acids is 1. The van der Waals surface area contributed by atoms with Crippen LogP contribution in [0.25, 0.3) is 0 Å². The number of amides is 1. The summed E-state index contributed by atoms with van der Waals surface area (Å²) in [5.74, 6) is 0.663. The van der Waals surface area contributed by atoms with Crippen LogP contribution in [0.3, 0.4) is 0 Å². The Morgan fingerprint density at radius 3 is 2.68 bits per heavy atom. The number of benzene rings is 2. The van der Waals surface area contributed by atoms with Gasteiger partial charge in [-0.05, 0) is 36.0 Å². The molecule has 2 aromatic carbocycles. The van der Waals surface area contributed by atoms with Crippen LogP contribution < -0.4 is 10.2 Å². The van der Waals surface area contributed by atoms with Gasteiger partial charge in [0.1, 0.15) is 0 Å². The smallest absolute Gasteiger partial charge is 0.244 e. The lowest BCUT2D eigenvalue weighted by Gasteiger charge is -2.21. The number of hydrogen-bond donors (Lipinski definition) is 1. The van der Waals surface area contributed by atoms with Crippen LogP contribution in [0.2, 0.25) is 0 Å². The molecule has 0 bridgehead atoms. The maximum atomic E-state index is 12.9. The molecule has 2 aliphatic heterocycles. The number of hydrogen-bond acceptors (Lipinski definition) is 2. The summed E-state index contributed by atoms with van der Waals surface area (Å²) in [4.78, 5) is 14.8. The highest BCUT2D eigenvalue weighted by Gasteiger charge is 2.35. The summed E-state index contributed by atoms with van der Waals surface area (Å²) in [5.41, 5.74) is 3.71. The lowest BCUT2D eigenvalue weighted by Crippen LogP contribution is -2.42. The van der Waals surface area contributed by atoms with Gasteiger partial charge in [0.2, 0.25) is 5.91 Å². The summed E-state index contributed by atoms with van der Waals surface area (Å²) in [6.07, 6.45) is 1.86. The van der Waals surface area contributed by atoms with Crippen LogP contribution >= 0.6 is 0 Å². The minimum absolute atomic E-state index is 0.0589. The largest absolute Gasteiger partial charge is 0.310 e. The number of nitrogens with one attached hydrogen (secondary N) is 1. The summed E-state index contributed by atoms with van der Waals surface area (Å²) in [6, 6.07) is 18.7. The van der Waals surface area contributed by atoms with Gasteiger partial charge in [0.15, 0.2) is 0 Å². The van der Waals surface area contributed by atoms with E-state index < -0.39 is 0 Å². The molecule has 0 aromatic heterocycles. The van der Waals surface area contributed by atoms with E-state index in [9.17, 15) is 4.79 Å². The summed E-state index contributed by atoms with van der Waals surface area (Å²) >= 11 is 0. The second kappa shape index (κ2) is 5.58. The maximum absolute atomic E-state index is 12.9. The van der Waals surface area contributed by atoms with E-state index in [-0.39, 0.29) is 11.9 Å². The summed E-state index contributed by atoms with van der Waals surface area (Å²) in [7, 11) is 0. The van der Waals surface area contributed by atoms with Crippen LogP contribution in [0.5, 0.6) is 0 Å². The summed E-state index contributed by atoms with van der Waals surface area (Å²) in [5, 5.41) is 3.42. The van der Waals surface area contributed by atoms with Gasteiger partial charge in [0.25, 0.3) is 0 Å². The second-order valence-electron chi connectivity index (χ2n) is 6.17. The first-order valence-corrected chi connectivity index (χ1v) is 8.00. The topological polar surface area (TPSA) is 32.3 Å². The molecule has 0 spiro atoms. The van der Waals surface area contributed by atoms with Gasteiger partial charge < -0.3 is 10.2 Å². The third-order valence-electron chi connectivity index (χ3n) is 4.85. The SMILES string of the molecule is O=C([C@@H]1CC(c2ccccc2)CN1)N1CCc2ccccc21. The fourth-order valence-corrected chi connectivity index (χ4v) is 3.66. The number of fused-ring (bicyclic) bond motifs is 1. The van der Waals surface area contributed by atoms with Crippen LogP contribution in [0.1, 0.15) is 23.5 Å². The Balaban J connectivity index is 1.49. The molecule has 112 valence electrons. The van der Waals surface area contributed by atoms with E-state index in [1.807, 2.05) is 23.1 Å². The van der Waals surface area contributed by atoms with Crippen molar-refractivity contribution >= 4 is 11.6 Å². The third-order valence-corrected chi connectivity index (χ3v) is 4.85. The Morgan fingerprint density at radius 1 is 1.05 bits per heavy atom. The Kier molecular flexibility index (Phi) is 3.43.